The Morgan fingerprint density at radius 3 is 3.05 bits per heavy atom. The van der Waals surface area contributed by atoms with Gasteiger partial charge >= 0.3 is 0 Å². The fourth-order valence-corrected chi connectivity index (χ4v) is 2.38. The zero-order valence-corrected chi connectivity index (χ0v) is 12.0. The predicted octanol–water partition coefficient (Wildman–Crippen LogP) is 3.09. The van der Waals surface area contributed by atoms with Gasteiger partial charge in [-0.15, -0.1) is 0 Å². The van der Waals surface area contributed by atoms with E-state index in [1.54, 1.807) is 18.2 Å². The van der Waals surface area contributed by atoms with Gasteiger partial charge in [0.2, 0.25) is 5.91 Å². The van der Waals surface area contributed by atoms with E-state index in [1.807, 2.05) is 18.2 Å². The second-order valence-corrected chi connectivity index (χ2v) is 5.15. The minimum absolute atomic E-state index is 0.207. The molecule has 0 aromatic heterocycles. The number of carbonyl (C=O) groups is 1. The van der Waals surface area contributed by atoms with Gasteiger partial charge in [-0.1, -0.05) is 18.2 Å². The number of hydrogen-bond acceptors (Lipinski definition) is 2. The second kappa shape index (κ2) is 6.43. The van der Waals surface area contributed by atoms with Crippen LogP contribution in [0.3, 0.4) is 0 Å². The van der Waals surface area contributed by atoms with Crippen LogP contribution in [0.2, 0.25) is 0 Å². The summed E-state index contributed by atoms with van der Waals surface area (Å²) < 4.78 is 18.5. The van der Waals surface area contributed by atoms with Crippen LogP contribution in [0.5, 0.6) is 5.75 Å². The van der Waals surface area contributed by atoms with E-state index in [0.29, 0.717) is 6.54 Å². The highest BCUT2D eigenvalue weighted by Gasteiger charge is 2.11. The van der Waals surface area contributed by atoms with Gasteiger partial charge in [0.25, 0.3) is 0 Å². The third-order valence-corrected chi connectivity index (χ3v) is 3.50. The molecule has 0 unspecified atom stereocenters. The van der Waals surface area contributed by atoms with Gasteiger partial charge in [0.15, 0.2) is 0 Å². The molecular weight excluding hydrogens is 281 g/mol. The SMILES string of the molecule is O=C(/C=C/c1ccc2c(c1)CCO2)NCc1cccc(F)c1. The largest absolute Gasteiger partial charge is 0.493 e. The van der Waals surface area contributed by atoms with Crippen molar-refractivity contribution in [3.05, 3.63) is 71.0 Å². The molecule has 0 atom stereocenters. The summed E-state index contributed by atoms with van der Waals surface area (Å²) in [7, 11) is 0. The highest BCUT2D eigenvalue weighted by atomic mass is 19.1. The van der Waals surface area contributed by atoms with Crippen molar-refractivity contribution < 1.29 is 13.9 Å². The van der Waals surface area contributed by atoms with Gasteiger partial charge in [0.05, 0.1) is 6.61 Å². The number of halogens is 1. The summed E-state index contributed by atoms with van der Waals surface area (Å²) in [6.45, 7) is 1.02. The minimum Gasteiger partial charge on any atom is -0.493 e. The number of amides is 1. The standard InChI is InChI=1S/C18H16FNO2/c19-16-3-1-2-14(11-16)12-20-18(21)7-5-13-4-6-17-15(10-13)8-9-22-17/h1-7,10-11H,8-9,12H2,(H,20,21)/b7-5+. The Balaban J connectivity index is 1.57. The highest BCUT2D eigenvalue weighted by molar-refractivity contribution is 5.91. The zero-order valence-electron chi connectivity index (χ0n) is 12.0. The van der Waals surface area contributed by atoms with Crippen molar-refractivity contribution in [3.8, 4) is 5.75 Å². The fourth-order valence-electron chi connectivity index (χ4n) is 2.38. The van der Waals surface area contributed by atoms with Crippen LogP contribution >= 0.6 is 0 Å². The molecule has 3 nitrogen and oxygen atoms in total. The van der Waals surface area contributed by atoms with Gasteiger partial charge in [-0.25, -0.2) is 4.39 Å². The van der Waals surface area contributed by atoms with Crippen molar-refractivity contribution in [2.75, 3.05) is 6.61 Å². The summed E-state index contributed by atoms with van der Waals surface area (Å²) in [5.41, 5.74) is 2.86. The Morgan fingerprint density at radius 2 is 2.18 bits per heavy atom. The lowest BCUT2D eigenvalue weighted by atomic mass is 10.1. The Kier molecular flexibility index (Phi) is 4.19. The summed E-state index contributed by atoms with van der Waals surface area (Å²) >= 11 is 0. The van der Waals surface area contributed by atoms with E-state index in [2.05, 4.69) is 5.32 Å². The Bertz CT molecular complexity index is 725. The molecule has 0 fully saturated rings. The molecule has 1 N–H and O–H groups in total. The maximum Gasteiger partial charge on any atom is 0.244 e. The molecule has 0 aliphatic carbocycles. The van der Waals surface area contributed by atoms with E-state index >= 15 is 0 Å². The number of carbonyl (C=O) groups excluding carboxylic acids is 1. The maximum absolute atomic E-state index is 13.0. The molecular formula is C18H16FNO2. The number of ether oxygens (including phenoxy) is 1. The van der Waals surface area contributed by atoms with Crippen molar-refractivity contribution in [2.24, 2.45) is 0 Å². The number of fused-ring (bicyclic) bond motifs is 1. The summed E-state index contributed by atoms with van der Waals surface area (Å²) in [5, 5.41) is 2.73. The van der Waals surface area contributed by atoms with E-state index in [0.717, 1.165) is 29.9 Å². The van der Waals surface area contributed by atoms with Gasteiger partial charge in [0, 0.05) is 19.0 Å². The first-order valence-corrected chi connectivity index (χ1v) is 7.17. The van der Waals surface area contributed by atoms with Crippen LogP contribution in [0.15, 0.2) is 48.5 Å². The van der Waals surface area contributed by atoms with Crippen molar-refractivity contribution >= 4 is 12.0 Å². The summed E-state index contributed by atoms with van der Waals surface area (Å²) in [6.07, 6.45) is 4.15. The van der Waals surface area contributed by atoms with E-state index in [4.69, 9.17) is 4.74 Å². The van der Waals surface area contributed by atoms with Gasteiger partial charge in [0.1, 0.15) is 11.6 Å². The summed E-state index contributed by atoms with van der Waals surface area (Å²) in [6, 6.07) is 12.0. The van der Waals surface area contributed by atoms with E-state index in [-0.39, 0.29) is 11.7 Å². The van der Waals surface area contributed by atoms with Crippen LogP contribution in [-0.4, -0.2) is 12.5 Å². The first kappa shape index (κ1) is 14.3. The Labute approximate surface area is 128 Å². The molecule has 1 heterocycles. The predicted molar refractivity (Wildman–Crippen MR) is 82.9 cm³/mol. The van der Waals surface area contributed by atoms with Crippen molar-refractivity contribution in [2.45, 2.75) is 13.0 Å². The van der Waals surface area contributed by atoms with Crippen LogP contribution in [0.25, 0.3) is 6.08 Å². The van der Waals surface area contributed by atoms with Crippen molar-refractivity contribution in [3.63, 3.8) is 0 Å². The Morgan fingerprint density at radius 1 is 1.27 bits per heavy atom. The molecule has 0 saturated carbocycles. The summed E-state index contributed by atoms with van der Waals surface area (Å²) in [5.74, 6) is 0.413. The zero-order chi connectivity index (χ0) is 15.4. The number of rotatable bonds is 4. The maximum atomic E-state index is 13.0. The van der Waals surface area contributed by atoms with Gasteiger partial charge < -0.3 is 10.1 Å². The number of benzene rings is 2. The second-order valence-electron chi connectivity index (χ2n) is 5.15. The average molecular weight is 297 g/mol. The van der Waals surface area contributed by atoms with Gasteiger partial charge in [-0.05, 0) is 47.0 Å². The molecule has 0 radical (unpaired) electrons. The third kappa shape index (κ3) is 3.52. The molecule has 2 aromatic rings. The molecule has 22 heavy (non-hydrogen) atoms. The lowest BCUT2D eigenvalue weighted by Crippen LogP contribution is -2.20. The van der Waals surface area contributed by atoms with E-state index < -0.39 is 0 Å². The average Bonchev–Trinajstić information content (AvgIpc) is 2.98. The van der Waals surface area contributed by atoms with Crippen LogP contribution < -0.4 is 10.1 Å². The number of hydrogen-bond donors (Lipinski definition) is 1. The van der Waals surface area contributed by atoms with E-state index in [1.165, 1.54) is 23.8 Å². The third-order valence-electron chi connectivity index (χ3n) is 3.50. The quantitative estimate of drug-likeness (QED) is 0.881. The molecule has 2 aromatic carbocycles. The molecule has 112 valence electrons. The molecule has 1 amide bonds. The molecule has 0 bridgehead atoms. The van der Waals surface area contributed by atoms with Crippen molar-refractivity contribution in [1.82, 2.24) is 5.32 Å². The van der Waals surface area contributed by atoms with Crippen LogP contribution in [0.1, 0.15) is 16.7 Å². The van der Waals surface area contributed by atoms with Crippen LogP contribution in [0, 0.1) is 5.82 Å². The van der Waals surface area contributed by atoms with Gasteiger partial charge in [-0.3, -0.25) is 4.79 Å². The lowest BCUT2D eigenvalue weighted by Gasteiger charge is -2.03. The smallest absolute Gasteiger partial charge is 0.244 e. The minimum atomic E-state index is -0.303. The highest BCUT2D eigenvalue weighted by Crippen LogP contribution is 2.26. The topological polar surface area (TPSA) is 38.3 Å². The molecule has 3 rings (SSSR count). The lowest BCUT2D eigenvalue weighted by molar-refractivity contribution is -0.116. The first-order chi connectivity index (χ1) is 10.7. The van der Waals surface area contributed by atoms with Crippen molar-refractivity contribution in [1.29, 1.82) is 0 Å². The summed E-state index contributed by atoms with van der Waals surface area (Å²) in [4.78, 5) is 11.8. The van der Waals surface area contributed by atoms with Crippen LogP contribution in [-0.2, 0) is 17.8 Å². The first-order valence-electron chi connectivity index (χ1n) is 7.17. The normalized spacial score (nSPS) is 13.0. The van der Waals surface area contributed by atoms with Crippen LogP contribution in [0.4, 0.5) is 4.39 Å². The van der Waals surface area contributed by atoms with E-state index in [9.17, 15) is 9.18 Å². The number of nitrogens with one attached hydrogen (secondary N) is 1. The molecule has 4 heteroatoms. The molecule has 1 aliphatic rings. The monoisotopic (exact) mass is 297 g/mol. The fraction of sp³-hybridized carbons (Fsp3) is 0.167. The van der Waals surface area contributed by atoms with Gasteiger partial charge in [-0.2, -0.15) is 0 Å². The molecule has 0 spiro atoms. The Hall–Kier alpha value is -2.62. The molecule has 1 aliphatic heterocycles. The molecule has 0 saturated heterocycles.